The van der Waals surface area contributed by atoms with Crippen LogP contribution in [-0.2, 0) is 83.3 Å². The standard InChI is InChI=1S/C46H55Cl2N5O14.C46H54ClF2N5O14/c1-30-26-38(47)42(39(48)27-30)61-25-17-32-8-10-33(11-9-32)37-28-36-14-15-40(51(36)45(55)63-19-3-5-23-66-52(57)58)41(37)44(54)50(35-12-13-35)29-34-16-18-49-43(31(34)2)62-21-7-22-65-46(56)64-20-4-6-24-67-53(59)60;1-30-33(19-20-50-43(30)63-24-7-25-66-46(57)65-22-3-5-27-68-54(60)61)29-51(34-13-14-34)44(55)40-36(28-35-15-18-39(40)52(35)45(56)64-21-2-4-26-67-53(58)59)32-11-9-31(10-12-32)8-6-23-62-42-38(49)17-16-37(48)41(42)47/h8-11,16,18,26-27,35-36,40H,3-7,12-15,17,19-25,28-29H2,1-2H3;9-12,16-17,19-20,34-35,39H,2-8,13-15,18,21-29H2,1H3. The average molecular weight is 1950 g/mol. The van der Waals surface area contributed by atoms with Crippen molar-refractivity contribution in [1.82, 2.24) is 29.6 Å². The van der Waals surface area contributed by atoms with Crippen LogP contribution < -0.4 is 18.9 Å². The van der Waals surface area contributed by atoms with Crippen LogP contribution >= 0.6 is 34.8 Å². The second-order valence-electron chi connectivity index (χ2n) is 32.9. The van der Waals surface area contributed by atoms with E-state index >= 15 is 9.59 Å². The molecule has 2 saturated heterocycles. The summed E-state index contributed by atoms with van der Waals surface area (Å²) in [6, 6.07) is 23.5. The lowest BCUT2D eigenvalue weighted by Crippen LogP contribution is -2.49. The van der Waals surface area contributed by atoms with Crippen LogP contribution in [0.1, 0.15) is 185 Å². The summed E-state index contributed by atoms with van der Waals surface area (Å²) < 4.78 is 83.0. The van der Waals surface area contributed by atoms with Crippen LogP contribution in [0.3, 0.4) is 0 Å². The van der Waals surface area contributed by atoms with Crippen LogP contribution in [0, 0.1) is 72.9 Å². The fourth-order valence-electron chi connectivity index (χ4n) is 16.3. The number of unbranched alkanes of at least 4 members (excludes halogenated alkanes) is 4. The number of fused-ring (bicyclic) bond motifs is 4. The quantitative estimate of drug-likeness (QED) is 0.00854. The number of halogens is 5. The zero-order valence-corrected chi connectivity index (χ0v) is 77.3. The van der Waals surface area contributed by atoms with Crippen molar-refractivity contribution in [1.29, 1.82) is 0 Å². The van der Waals surface area contributed by atoms with Gasteiger partial charge in [-0.2, -0.15) is 0 Å². The van der Waals surface area contributed by atoms with Crippen molar-refractivity contribution in [2.45, 2.75) is 218 Å². The molecule has 4 fully saturated rings. The lowest BCUT2D eigenvalue weighted by atomic mass is 9.87. The van der Waals surface area contributed by atoms with Crippen molar-refractivity contribution in [3.63, 3.8) is 0 Å². The summed E-state index contributed by atoms with van der Waals surface area (Å²) >= 11 is 18.7. The monoisotopic (exact) mass is 1940 g/mol. The van der Waals surface area contributed by atoms with E-state index in [1.807, 2.05) is 91.2 Å². The summed E-state index contributed by atoms with van der Waals surface area (Å²) in [6.45, 7) is 6.75. The summed E-state index contributed by atoms with van der Waals surface area (Å²) in [5.74, 6) is -1.03. The molecule has 2 aliphatic carbocycles. The van der Waals surface area contributed by atoms with Crippen LogP contribution in [0.25, 0.3) is 11.1 Å². The Kier molecular flexibility index (Phi) is 39.5. The molecule has 0 N–H and O–H groups in total. The smallest absolute Gasteiger partial charge is 0.490 e. The maximum Gasteiger partial charge on any atom is 0.508 e. The van der Waals surface area contributed by atoms with Gasteiger partial charge in [-0.05, 0) is 236 Å². The molecule has 4 aliphatic heterocycles. The van der Waals surface area contributed by atoms with Gasteiger partial charge in [0.05, 0.1) is 115 Å². The summed E-state index contributed by atoms with van der Waals surface area (Å²) in [6.07, 6.45) is 12.1. The molecule has 135 heavy (non-hydrogen) atoms. The zero-order valence-electron chi connectivity index (χ0n) is 75.1. The summed E-state index contributed by atoms with van der Waals surface area (Å²) in [7, 11) is 0. The highest BCUT2D eigenvalue weighted by atomic mass is 35.5. The second kappa shape index (κ2) is 51.8. The fourth-order valence-corrected chi connectivity index (χ4v) is 17.2. The number of nitrogens with zero attached hydrogens (tertiary/aromatic N) is 10. The Hall–Kier alpha value is -12.6. The minimum atomic E-state index is -0.885. The van der Waals surface area contributed by atoms with E-state index in [-0.39, 0.29) is 141 Å². The molecule has 0 radical (unpaired) electrons. The molecule has 4 unspecified atom stereocenters. The van der Waals surface area contributed by atoms with Gasteiger partial charge in [0, 0.05) is 91.2 Å². The Morgan fingerprint density at radius 2 is 0.778 bits per heavy atom. The van der Waals surface area contributed by atoms with E-state index in [1.54, 1.807) is 34.3 Å². The first kappa shape index (κ1) is 103. The van der Waals surface area contributed by atoms with Gasteiger partial charge in [0.15, 0.2) is 17.3 Å². The van der Waals surface area contributed by atoms with Crippen molar-refractivity contribution in [3.8, 4) is 23.3 Å². The highest BCUT2D eigenvalue weighted by molar-refractivity contribution is 6.37. The lowest BCUT2D eigenvalue weighted by molar-refractivity contribution is -0.757. The van der Waals surface area contributed by atoms with Crippen molar-refractivity contribution in [2.75, 3.05) is 92.5 Å². The maximum atomic E-state index is 15.2. The SMILES string of the molecule is Cc1c(CN(C(=O)C2=C(c3ccc(CCCOc4c(F)ccc(F)c4Cl)cc3)CC3CCC2N3C(=O)OCCCCO[N+](=O)[O-])C2CC2)ccnc1OCCCOC(=O)OCCCCO[N+](=O)[O-].Cc1cc(Cl)c(OCCc2ccc(C3=C(C(=O)N(Cc4ccnc(OCCCOC(=O)OCCCCO[N+](=O)[O-])c4C)C4CC4)C4CCC(C3)N4C(=O)OCCCCO[N+](=O)[O-])cc2)c(Cl)c1. The van der Waals surface area contributed by atoms with Gasteiger partial charge >= 0.3 is 24.5 Å². The van der Waals surface area contributed by atoms with Gasteiger partial charge in [0.1, 0.15) is 10.8 Å². The van der Waals surface area contributed by atoms with Gasteiger partial charge < -0.3 is 76.5 Å². The normalized spacial score (nSPS) is 16.2. The van der Waals surface area contributed by atoms with Crippen LogP contribution in [-0.4, -0.2) is 215 Å². The zero-order chi connectivity index (χ0) is 96.5. The predicted molar refractivity (Wildman–Crippen MR) is 480 cm³/mol. The molecule has 0 spiro atoms. The number of pyridine rings is 2. The Morgan fingerprint density at radius 1 is 0.415 bits per heavy atom. The van der Waals surface area contributed by atoms with Crippen LogP contribution in [0.15, 0.2) is 108 Å². The molecule has 4 amide bonds. The predicted octanol–water partition coefficient (Wildman–Crippen LogP) is 17.4. The van der Waals surface area contributed by atoms with Gasteiger partial charge in [-0.3, -0.25) is 19.4 Å². The third kappa shape index (κ3) is 30.7. The molecule has 2 aromatic heterocycles. The number of amides is 4. The van der Waals surface area contributed by atoms with E-state index < -0.39 is 73.6 Å². The molecule has 2 saturated carbocycles. The Labute approximate surface area is 791 Å². The van der Waals surface area contributed by atoms with Crippen molar-refractivity contribution < 1.29 is 125 Å². The molecular weight excluding hydrogens is 1840 g/mol. The fraction of sp³-hybridized carbons (Fsp3) is 0.522. The molecule has 6 aliphatic rings. The number of rotatable bonds is 53. The summed E-state index contributed by atoms with van der Waals surface area (Å²) in [5.41, 5.74) is 10.5. The van der Waals surface area contributed by atoms with Crippen molar-refractivity contribution in [3.05, 3.63) is 226 Å². The Morgan fingerprint density at radius 3 is 1.18 bits per heavy atom. The molecular formula is C92H109Cl3F2N10O28. The molecule has 43 heteroatoms. The number of hydrogen-bond donors (Lipinski definition) is 0. The van der Waals surface area contributed by atoms with Gasteiger partial charge in [-0.25, -0.2) is 37.9 Å². The van der Waals surface area contributed by atoms with Gasteiger partial charge in [0.25, 0.3) is 32.2 Å². The third-order valence-electron chi connectivity index (χ3n) is 23.4. The van der Waals surface area contributed by atoms with Gasteiger partial charge in [-0.1, -0.05) is 83.3 Å². The molecule has 4 aromatic carbocycles. The lowest BCUT2D eigenvalue weighted by Gasteiger charge is -2.38. The van der Waals surface area contributed by atoms with Crippen molar-refractivity contribution >= 4 is 82.3 Å². The number of aryl methyl sites for hydroxylation is 2. The number of hydrogen-bond acceptors (Lipinski definition) is 30. The molecule has 12 rings (SSSR count). The Balaban J connectivity index is 0.000000260. The third-order valence-corrected chi connectivity index (χ3v) is 24.3. The van der Waals surface area contributed by atoms with E-state index in [2.05, 4.69) is 29.3 Å². The summed E-state index contributed by atoms with van der Waals surface area (Å²) in [4.78, 5) is 156. The van der Waals surface area contributed by atoms with E-state index in [0.717, 1.165) is 99.0 Å². The number of carbonyl (C=O) groups excluding carboxylic acids is 6. The number of carbonyl (C=O) groups is 6. The van der Waals surface area contributed by atoms with E-state index in [4.69, 9.17) is 82.2 Å². The first-order chi connectivity index (χ1) is 65.1. The number of aromatic nitrogens is 2. The maximum absolute atomic E-state index is 15.2. The number of ether oxygens (including phenoxy) is 10. The molecule has 6 heterocycles. The first-order valence-corrected chi connectivity index (χ1v) is 46.1. The largest absolute Gasteiger partial charge is 0.508 e. The highest BCUT2D eigenvalue weighted by Crippen LogP contribution is 2.48. The summed E-state index contributed by atoms with van der Waals surface area (Å²) in [5, 5.41) is 38.5. The van der Waals surface area contributed by atoms with Crippen molar-refractivity contribution in [2.24, 2.45) is 0 Å². The number of benzene rings is 4. The van der Waals surface area contributed by atoms with Gasteiger partial charge in [-0.15, -0.1) is 40.5 Å². The van der Waals surface area contributed by atoms with Gasteiger partial charge in [0.2, 0.25) is 11.8 Å². The van der Waals surface area contributed by atoms with E-state index in [0.29, 0.717) is 167 Å². The van der Waals surface area contributed by atoms with E-state index in [1.165, 1.54) is 0 Å². The van der Waals surface area contributed by atoms with Crippen LogP contribution in [0.5, 0.6) is 23.3 Å². The second-order valence-corrected chi connectivity index (χ2v) is 34.1. The topological polar surface area (TPSA) is 443 Å². The molecule has 38 nitrogen and oxygen atoms in total. The minimum Gasteiger partial charge on any atom is -0.490 e. The highest BCUT2D eigenvalue weighted by Gasteiger charge is 2.51. The molecule has 6 aromatic rings. The van der Waals surface area contributed by atoms with E-state index in [9.17, 15) is 68.4 Å². The van der Waals surface area contributed by atoms with Crippen LogP contribution in [0.4, 0.5) is 28.0 Å². The molecule has 730 valence electrons. The minimum absolute atomic E-state index is 0.0108. The molecule has 4 bridgehead atoms. The molecule has 4 atom stereocenters. The average Bonchev–Trinajstić information content (AvgIpc) is 1.69. The Bertz CT molecular complexity index is 5150. The first-order valence-electron chi connectivity index (χ1n) is 45.0. The van der Waals surface area contributed by atoms with Crippen LogP contribution in [0.2, 0.25) is 15.1 Å².